The van der Waals surface area contributed by atoms with Crippen molar-refractivity contribution in [2.75, 3.05) is 4.90 Å². The minimum absolute atomic E-state index is 0.0303. The molecule has 0 fully saturated rings. The van der Waals surface area contributed by atoms with E-state index < -0.39 is 23.8 Å². The van der Waals surface area contributed by atoms with E-state index in [9.17, 15) is 23.1 Å². The molecule has 0 heterocycles. The maximum Gasteiger partial charge on any atom is 0.573 e. The van der Waals surface area contributed by atoms with Crippen LogP contribution in [0.15, 0.2) is 34.5 Å². The Kier molecular flexibility index (Phi) is 5.21. The van der Waals surface area contributed by atoms with Gasteiger partial charge in [-0.3, -0.25) is 4.79 Å². The number of carbonyl (C=O) groups excluding carboxylic acids is 1. The second-order valence-electron chi connectivity index (χ2n) is 3.58. The number of rotatable bonds is 3. The molecule has 21 heavy (non-hydrogen) atoms. The number of ether oxygens (including phenoxy) is 1. The fraction of sp³-hybridized carbons (Fsp3) is 0.167. The van der Waals surface area contributed by atoms with Crippen LogP contribution in [0.5, 0.6) is 5.75 Å². The summed E-state index contributed by atoms with van der Waals surface area (Å²) in [5.41, 5.74) is -0.0303. The Morgan fingerprint density at radius 1 is 1.52 bits per heavy atom. The molecule has 0 aliphatic heterocycles. The first-order chi connectivity index (χ1) is 9.69. The summed E-state index contributed by atoms with van der Waals surface area (Å²) in [5, 5.41) is 18.2. The summed E-state index contributed by atoms with van der Waals surface area (Å²) in [6.45, 7) is 1.39. The Balaban J connectivity index is 3.13. The molecule has 1 aromatic carbocycles. The molecular weight excluding hydrogens is 357 g/mol. The largest absolute Gasteiger partial charge is 0.573 e. The molecule has 5 nitrogen and oxygen atoms in total. The molecule has 0 aliphatic carbocycles. The molecular formula is C12H8BrF3N2O3. The van der Waals surface area contributed by atoms with Crippen LogP contribution in [0.2, 0.25) is 0 Å². The third kappa shape index (κ3) is 4.39. The molecule has 0 aromatic heterocycles. The van der Waals surface area contributed by atoms with Crippen molar-refractivity contribution in [3.05, 3.63) is 34.5 Å². The van der Waals surface area contributed by atoms with Gasteiger partial charge in [0.25, 0.3) is 0 Å². The normalized spacial score (nSPS) is 11.7. The molecule has 1 amide bonds. The Bertz CT molecular complexity index is 623. The van der Waals surface area contributed by atoms with Crippen LogP contribution in [-0.4, -0.2) is 17.4 Å². The van der Waals surface area contributed by atoms with Crippen LogP contribution in [-0.2, 0) is 4.79 Å². The van der Waals surface area contributed by atoms with E-state index in [2.05, 4.69) is 20.7 Å². The number of benzene rings is 1. The van der Waals surface area contributed by atoms with E-state index in [0.29, 0.717) is 4.90 Å². The van der Waals surface area contributed by atoms with Gasteiger partial charge in [0, 0.05) is 0 Å². The van der Waals surface area contributed by atoms with E-state index in [1.54, 1.807) is 0 Å². The number of nitrogens with zero attached hydrogens (tertiary/aromatic N) is 2. The Morgan fingerprint density at radius 2 is 2.14 bits per heavy atom. The molecule has 0 saturated heterocycles. The predicted octanol–water partition coefficient (Wildman–Crippen LogP) is 3.62. The van der Waals surface area contributed by atoms with E-state index in [0.717, 1.165) is 24.3 Å². The lowest BCUT2D eigenvalue weighted by Crippen LogP contribution is -2.27. The van der Waals surface area contributed by atoms with Gasteiger partial charge in [0.2, 0.25) is 0 Å². The van der Waals surface area contributed by atoms with Gasteiger partial charge < -0.3 is 9.84 Å². The van der Waals surface area contributed by atoms with E-state index in [4.69, 9.17) is 5.26 Å². The van der Waals surface area contributed by atoms with Crippen molar-refractivity contribution in [1.82, 2.24) is 0 Å². The second kappa shape index (κ2) is 6.49. The van der Waals surface area contributed by atoms with Gasteiger partial charge in [0.05, 0.1) is 10.2 Å². The number of hydrogen-bond acceptors (Lipinski definition) is 4. The second-order valence-corrected chi connectivity index (χ2v) is 4.43. The average molecular weight is 365 g/mol. The summed E-state index contributed by atoms with van der Waals surface area (Å²) in [6.07, 6.45) is -2.25. The van der Waals surface area contributed by atoms with Gasteiger partial charge in [0.1, 0.15) is 5.75 Å². The maximum absolute atomic E-state index is 12.1. The van der Waals surface area contributed by atoms with Crippen LogP contribution in [0.3, 0.4) is 0 Å². The highest BCUT2D eigenvalue weighted by atomic mass is 79.9. The van der Waals surface area contributed by atoms with Crippen LogP contribution >= 0.6 is 15.9 Å². The topological polar surface area (TPSA) is 73.6 Å². The minimum Gasteiger partial charge on any atom is -0.503 e. The zero-order chi connectivity index (χ0) is 16.2. The van der Waals surface area contributed by atoms with Gasteiger partial charge >= 0.3 is 12.3 Å². The van der Waals surface area contributed by atoms with Crippen molar-refractivity contribution in [3.63, 3.8) is 0 Å². The number of aliphatic hydroxyl groups excluding tert-OH is 1. The molecule has 0 aliphatic rings. The SMILES string of the molecule is CC=C(O)C(=O)N(C#N)c1ccc(OC(F)(F)F)c(Br)c1. The Labute approximate surface area is 126 Å². The summed E-state index contributed by atoms with van der Waals surface area (Å²) in [7, 11) is 0. The van der Waals surface area contributed by atoms with Crippen molar-refractivity contribution in [2.45, 2.75) is 13.3 Å². The number of halogens is 4. The van der Waals surface area contributed by atoms with Gasteiger partial charge in [0.15, 0.2) is 12.0 Å². The van der Waals surface area contributed by atoms with Gasteiger partial charge in [-0.05, 0) is 47.1 Å². The monoisotopic (exact) mass is 364 g/mol. The highest BCUT2D eigenvalue weighted by Crippen LogP contribution is 2.33. The fourth-order valence-corrected chi connectivity index (χ4v) is 1.74. The van der Waals surface area contributed by atoms with Crippen LogP contribution < -0.4 is 9.64 Å². The molecule has 0 unspecified atom stereocenters. The molecule has 9 heteroatoms. The molecule has 1 N–H and O–H groups in total. The van der Waals surface area contributed by atoms with Crippen molar-refractivity contribution < 1.29 is 27.8 Å². The molecule has 0 saturated carbocycles. The molecule has 0 radical (unpaired) electrons. The van der Waals surface area contributed by atoms with Crippen molar-refractivity contribution in [2.24, 2.45) is 0 Å². The molecule has 1 aromatic rings. The van der Waals surface area contributed by atoms with E-state index in [-0.39, 0.29) is 10.2 Å². The smallest absolute Gasteiger partial charge is 0.503 e. The molecule has 1 rings (SSSR count). The van der Waals surface area contributed by atoms with Crippen LogP contribution in [0.4, 0.5) is 18.9 Å². The lowest BCUT2D eigenvalue weighted by atomic mass is 10.2. The zero-order valence-corrected chi connectivity index (χ0v) is 12.1. The summed E-state index contributed by atoms with van der Waals surface area (Å²) in [4.78, 5) is 12.2. The molecule has 112 valence electrons. The summed E-state index contributed by atoms with van der Waals surface area (Å²) in [5.74, 6) is -2.19. The predicted molar refractivity (Wildman–Crippen MR) is 70.3 cm³/mol. The van der Waals surface area contributed by atoms with Crippen molar-refractivity contribution >= 4 is 27.5 Å². The molecule has 0 atom stereocenters. The maximum atomic E-state index is 12.1. The van der Waals surface area contributed by atoms with Crippen LogP contribution in [0.1, 0.15) is 6.92 Å². The summed E-state index contributed by atoms with van der Waals surface area (Å²) in [6, 6.07) is 3.11. The van der Waals surface area contributed by atoms with Crippen molar-refractivity contribution in [3.8, 4) is 11.9 Å². The lowest BCUT2D eigenvalue weighted by Gasteiger charge is -2.15. The third-order valence-corrected chi connectivity index (χ3v) is 2.81. The highest BCUT2D eigenvalue weighted by Gasteiger charge is 2.32. The van der Waals surface area contributed by atoms with Crippen LogP contribution in [0.25, 0.3) is 0 Å². The first-order valence-electron chi connectivity index (χ1n) is 5.34. The number of aliphatic hydroxyl groups is 1. The number of hydrogen-bond donors (Lipinski definition) is 1. The Morgan fingerprint density at radius 3 is 2.57 bits per heavy atom. The first-order valence-corrected chi connectivity index (χ1v) is 6.13. The first kappa shape index (κ1) is 16.8. The number of nitriles is 1. The third-order valence-electron chi connectivity index (χ3n) is 2.19. The van der Waals surface area contributed by atoms with Crippen molar-refractivity contribution in [1.29, 1.82) is 5.26 Å². The number of carbonyl (C=O) groups is 1. The zero-order valence-electron chi connectivity index (χ0n) is 10.5. The van der Waals surface area contributed by atoms with E-state index >= 15 is 0 Å². The van der Waals surface area contributed by atoms with E-state index in [1.807, 2.05) is 0 Å². The highest BCUT2D eigenvalue weighted by molar-refractivity contribution is 9.10. The van der Waals surface area contributed by atoms with E-state index in [1.165, 1.54) is 13.1 Å². The fourth-order valence-electron chi connectivity index (χ4n) is 1.29. The minimum atomic E-state index is -4.86. The average Bonchev–Trinajstić information content (AvgIpc) is 2.40. The number of amides is 1. The van der Waals surface area contributed by atoms with Gasteiger partial charge in [-0.15, -0.1) is 13.2 Å². The number of alkyl halides is 3. The van der Waals surface area contributed by atoms with Gasteiger partial charge in [-0.2, -0.15) is 5.26 Å². The molecule has 0 bridgehead atoms. The summed E-state index contributed by atoms with van der Waals surface area (Å²) >= 11 is 2.85. The lowest BCUT2D eigenvalue weighted by molar-refractivity contribution is -0.274. The van der Waals surface area contributed by atoms with Gasteiger partial charge in [-0.25, -0.2) is 4.90 Å². The summed E-state index contributed by atoms with van der Waals surface area (Å²) < 4.78 is 40.0. The number of anilines is 1. The molecule has 0 spiro atoms. The standard InChI is InChI=1S/C12H8BrF3N2O3/c1-2-9(19)11(20)18(6-17)7-3-4-10(8(13)5-7)21-12(14,15)16/h2-5,19H,1H3. The quantitative estimate of drug-likeness (QED) is 0.384. The Hall–Kier alpha value is -2.21. The van der Waals surface area contributed by atoms with Crippen LogP contribution in [0, 0.1) is 11.5 Å². The van der Waals surface area contributed by atoms with Gasteiger partial charge in [-0.1, -0.05) is 0 Å². The number of allylic oxidation sites excluding steroid dienone is 1.